The summed E-state index contributed by atoms with van der Waals surface area (Å²) in [5.74, 6) is -0.722. The molecule has 0 aliphatic rings. The number of hydrogen-bond acceptors (Lipinski definition) is 4. The molecule has 1 atom stereocenters. The van der Waals surface area contributed by atoms with Crippen molar-refractivity contribution in [1.29, 1.82) is 0 Å². The standard InChI is InChI=1S/C15H16FN3O3/c1-9(15(17)21)19-13(20)6-7-14-18-8-12(22-14)10-4-2-3-5-11(10)16/h2-5,8-9H,6-7H2,1H3,(H2,17,21)(H,19,20). The van der Waals surface area contributed by atoms with Crippen LogP contribution in [0.3, 0.4) is 0 Å². The highest BCUT2D eigenvalue weighted by Gasteiger charge is 2.14. The number of nitrogens with one attached hydrogen (secondary N) is 1. The van der Waals surface area contributed by atoms with Crippen molar-refractivity contribution in [2.75, 3.05) is 0 Å². The number of primary amides is 1. The van der Waals surface area contributed by atoms with E-state index in [2.05, 4.69) is 10.3 Å². The van der Waals surface area contributed by atoms with Crippen LogP contribution < -0.4 is 11.1 Å². The fourth-order valence-electron chi connectivity index (χ4n) is 1.82. The number of amides is 2. The van der Waals surface area contributed by atoms with Gasteiger partial charge in [-0.2, -0.15) is 0 Å². The van der Waals surface area contributed by atoms with Crippen LogP contribution in [-0.4, -0.2) is 22.8 Å². The van der Waals surface area contributed by atoms with Crippen molar-refractivity contribution in [2.45, 2.75) is 25.8 Å². The fraction of sp³-hybridized carbons (Fsp3) is 0.267. The van der Waals surface area contributed by atoms with Crippen LogP contribution in [0.4, 0.5) is 4.39 Å². The lowest BCUT2D eigenvalue weighted by Crippen LogP contribution is -2.42. The molecule has 0 bridgehead atoms. The molecule has 1 aromatic carbocycles. The molecule has 0 radical (unpaired) electrons. The second-order valence-corrected chi connectivity index (χ2v) is 4.79. The molecule has 2 rings (SSSR count). The van der Waals surface area contributed by atoms with E-state index in [-0.39, 0.29) is 18.7 Å². The molecule has 1 aromatic heterocycles. The van der Waals surface area contributed by atoms with Crippen LogP contribution in [0.2, 0.25) is 0 Å². The lowest BCUT2D eigenvalue weighted by molar-refractivity contribution is -0.127. The minimum Gasteiger partial charge on any atom is -0.441 e. The lowest BCUT2D eigenvalue weighted by Gasteiger charge is -2.08. The number of aromatic nitrogens is 1. The summed E-state index contributed by atoms with van der Waals surface area (Å²) in [6, 6.07) is 5.46. The van der Waals surface area contributed by atoms with Gasteiger partial charge in [0.25, 0.3) is 0 Å². The molecule has 0 fully saturated rings. The van der Waals surface area contributed by atoms with Crippen LogP contribution in [0.15, 0.2) is 34.9 Å². The number of benzene rings is 1. The average Bonchev–Trinajstić information content (AvgIpc) is 2.94. The first-order valence-electron chi connectivity index (χ1n) is 6.75. The predicted molar refractivity (Wildman–Crippen MR) is 77.0 cm³/mol. The maximum absolute atomic E-state index is 13.6. The quantitative estimate of drug-likeness (QED) is 0.843. The molecule has 2 amide bonds. The Morgan fingerprint density at radius 2 is 2.14 bits per heavy atom. The molecule has 3 N–H and O–H groups in total. The first kappa shape index (κ1) is 15.7. The smallest absolute Gasteiger partial charge is 0.239 e. The summed E-state index contributed by atoms with van der Waals surface area (Å²) in [6.07, 6.45) is 1.75. The second kappa shape index (κ2) is 6.84. The van der Waals surface area contributed by atoms with E-state index in [0.717, 1.165) is 0 Å². The normalized spacial score (nSPS) is 11.9. The third-order valence-corrected chi connectivity index (χ3v) is 3.06. The number of hydrogen-bond donors (Lipinski definition) is 2. The van der Waals surface area contributed by atoms with Crippen LogP contribution in [0.1, 0.15) is 19.2 Å². The monoisotopic (exact) mass is 305 g/mol. The Labute approximate surface area is 126 Å². The number of carbonyl (C=O) groups excluding carboxylic acids is 2. The molecule has 0 aliphatic carbocycles. The van der Waals surface area contributed by atoms with Crippen molar-refractivity contribution >= 4 is 11.8 Å². The first-order chi connectivity index (χ1) is 10.5. The highest BCUT2D eigenvalue weighted by Crippen LogP contribution is 2.23. The van der Waals surface area contributed by atoms with E-state index in [1.54, 1.807) is 18.2 Å². The third kappa shape index (κ3) is 3.91. The molecular weight excluding hydrogens is 289 g/mol. The molecule has 0 spiro atoms. The van der Waals surface area contributed by atoms with E-state index in [1.807, 2.05) is 0 Å². The van der Waals surface area contributed by atoms with Gasteiger partial charge in [-0.3, -0.25) is 9.59 Å². The van der Waals surface area contributed by atoms with Gasteiger partial charge in [-0.15, -0.1) is 0 Å². The summed E-state index contributed by atoms with van der Waals surface area (Å²) >= 11 is 0. The Balaban J connectivity index is 1.94. The Morgan fingerprint density at radius 3 is 2.82 bits per heavy atom. The predicted octanol–water partition coefficient (Wildman–Crippen LogP) is 1.40. The topological polar surface area (TPSA) is 98.2 Å². The van der Waals surface area contributed by atoms with E-state index in [9.17, 15) is 14.0 Å². The van der Waals surface area contributed by atoms with Gasteiger partial charge in [0.1, 0.15) is 11.9 Å². The van der Waals surface area contributed by atoms with Crippen molar-refractivity contribution in [3.8, 4) is 11.3 Å². The maximum Gasteiger partial charge on any atom is 0.239 e. The molecule has 1 heterocycles. The summed E-state index contributed by atoms with van der Waals surface area (Å²) in [6.45, 7) is 1.50. The van der Waals surface area contributed by atoms with Gasteiger partial charge in [0, 0.05) is 12.8 Å². The molecule has 22 heavy (non-hydrogen) atoms. The Bertz CT molecular complexity index is 684. The van der Waals surface area contributed by atoms with Gasteiger partial charge >= 0.3 is 0 Å². The summed E-state index contributed by atoms with van der Waals surface area (Å²) in [4.78, 5) is 26.5. The van der Waals surface area contributed by atoms with Gasteiger partial charge in [-0.05, 0) is 19.1 Å². The van der Waals surface area contributed by atoms with Crippen molar-refractivity contribution in [1.82, 2.24) is 10.3 Å². The number of nitrogens with two attached hydrogens (primary N) is 1. The minimum absolute atomic E-state index is 0.0921. The van der Waals surface area contributed by atoms with Gasteiger partial charge in [-0.25, -0.2) is 9.37 Å². The number of aryl methyl sites for hydroxylation is 1. The van der Waals surface area contributed by atoms with Gasteiger partial charge in [0.15, 0.2) is 11.7 Å². The molecule has 0 saturated heterocycles. The first-order valence-corrected chi connectivity index (χ1v) is 6.75. The summed E-state index contributed by atoms with van der Waals surface area (Å²) in [5.41, 5.74) is 5.37. The van der Waals surface area contributed by atoms with Crippen LogP contribution in [0.25, 0.3) is 11.3 Å². The van der Waals surface area contributed by atoms with E-state index >= 15 is 0 Å². The average molecular weight is 305 g/mol. The Hall–Kier alpha value is -2.70. The van der Waals surface area contributed by atoms with Crippen molar-refractivity contribution in [3.05, 3.63) is 42.2 Å². The molecule has 0 aliphatic heterocycles. The molecule has 1 unspecified atom stereocenters. The highest BCUT2D eigenvalue weighted by molar-refractivity contribution is 5.86. The van der Waals surface area contributed by atoms with Crippen molar-refractivity contribution in [3.63, 3.8) is 0 Å². The number of rotatable bonds is 6. The van der Waals surface area contributed by atoms with Gasteiger partial charge < -0.3 is 15.5 Å². The summed E-state index contributed by atoms with van der Waals surface area (Å²) in [5, 5.41) is 2.45. The van der Waals surface area contributed by atoms with Gasteiger partial charge in [0.2, 0.25) is 11.8 Å². The zero-order valence-electron chi connectivity index (χ0n) is 12.0. The largest absolute Gasteiger partial charge is 0.441 e. The lowest BCUT2D eigenvalue weighted by atomic mass is 10.2. The summed E-state index contributed by atoms with van der Waals surface area (Å²) in [7, 11) is 0. The van der Waals surface area contributed by atoms with Crippen LogP contribution in [-0.2, 0) is 16.0 Å². The fourth-order valence-corrected chi connectivity index (χ4v) is 1.82. The van der Waals surface area contributed by atoms with E-state index in [0.29, 0.717) is 17.2 Å². The number of nitrogens with zero attached hydrogens (tertiary/aromatic N) is 1. The Morgan fingerprint density at radius 1 is 1.41 bits per heavy atom. The zero-order valence-corrected chi connectivity index (χ0v) is 12.0. The van der Waals surface area contributed by atoms with E-state index in [4.69, 9.17) is 10.2 Å². The SMILES string of the molecule is CC(NC(=O)CCc1ncc(-c2ccccc2F)o1)C(N)=O. The van der Waals surface area contributed by atoms with E-state index < -0.39 is 17.8 Å². The number of carbonyl (C=O) groups is 2. The van der Waals surface area contributed by atoms with Crippen molar-refractivity contribution in [2.24, 2.45) is 5.73 Å². The van der Waals surface area contributed by atoms with Crippen molar-refractivity contribution < 1.29 is 18.4 Å². The Kier molecular flexibility index (Phi) is 4.88. The number of halogens is 1. The van der Waals surface area contributed by atoms with Crippen LogP contribution in [0.5, 0.6) is 0 Å². The number of oxazole rings is 1. The highest BCUT2D eigenvalue weighted by atomic mass is 19.1. The van der Waals surface area contributed by atoms with Crippen LogP contribution in [0, 0.1) is 5.82 Å². The molecular formula is C15H16FN3O3. The van der Waals surface area contributed by atoms with Crippen LogP contribution >= 0.6 is 0 Å². The minimum atomic E-state index is -0.731. The summed E-state index contributed by atoms with van der Waals surface area (Å²) < 4.78 is 19.1. The molecule has 7 heteroatoms. The molecule has 0 saturated carbocycles. The van der Waals surface area contributed by atoms with E-state index in [1.165, 1.54) is 19.2 Å². The van der Waals surface area contributed by atoms with Gasteiger partial charge in [0.05, 0.1) is 11.8 Å². The zero-order chi connectivity index (χ0) is 16.1. The second-order valence-electron chi connectivity index (χ2n) is 4.79. The molecule has 116 valence electrons. The maximum atomic E-state index is 13.6. The van der Waals surface area contributed by atoms with Gasteiger partial charge in [-0.1, -0.05) is 12.1 Å². The third-order valence-electron chi connectivity index (χ3n) is 3.06. The molecule has 6 nitrogen and oxygen atoms in total. The molecule has 2 aromatic rings.